The summed E-state index contributed by atoms with van der Waals surface area (Å²) in [4.78, 5) is 5.04. The molecule has 0 N–H and O–H groups in total. The number of nitriles is 1. The molecule has 41 heavy (non-hydrogen) atoms. The van der Waals surface area contributed by atoms with E-state index in [0.717, 1.165) is 28.8 Å². The molecule has 0 fully saturated rings. The van der Waals surface area contributed by atoms with E-state index >= 15 is 0 Å². The Balaban J connectivity index is 1.57. The van der Waals surface area contributed by atoms with Crippen LogP contribution in [0, 0.1) is 11.3 Å². The first-order valence-corrected chi connectivity index (χ1v) is 14.8. The maximum atomic E-state index is 9.61. The van der Waals surface area contributed by atoms with Crippen LogP contribution in [0.4, 0.5) is 0 Å². The number of rotatable bonds is 4. The maximum absolute atomic E-state index is 9.61. The smallest absolute Gasteiger partial charge is 0.114 e. The van der Waals surface area contributed by atoms with Crippen molar-refractivity contribution in [3.05, 3.63) is 154 Å². The van der Waals surface area contributed by atoms with Gasteiger partial charge in [-0.3, -0.25) is 4.57 Å². The SMILES string of the molecule is CCc1nc2ccccc2n1-c1cc2c(c3ccsc13)-c1ccccc1C2(c1ccccc1)c1ccc(C#N)cc1. The second-order valence-electron chi connectivity index (χ2n) is 10.5. The number of aryl methyl sites for hydroxylation is 1. The summed E-state index contributed by atoms with van der Waals surface area (Å²) in [6.45, 7) is 2.18. The summed E-state index contributed by atoms with van der Waals surface area (Å²) in [7, 11) is 0. The molecule has 0 amide bonds. The summed E-state index contributed by atoms with van der Waals surface area (Å²) in [5, 5.41) is 13.1. The van der Waals surface area contributed by atoms with Gasteiger partial charge in [0.1, 0.15) is 5.82 Å². The van der Waals surface area contributed by atoms with Gasteiger partial charge in [0, 0.05) is 11.8 Å². The van der Waals surface area contributed by atoms with Crippen LogP contribution in [0.5, 0.6) is 0 Å². The second-order valence-corrected chi connectivity index (χ2v) is 11.5. The highest BCUT2D eigenvalue weighted by Crippen LogP contribution is 2.59. The van der Waals surface area contributed by atoms with Crippen LogP contribution >= 0.6 is 11.3 Å². The fourth-order valence-electron chi connectivity index (χ4n) is 6.90. The third-order valence-corrected chi connectivity index (χ3v) is 9.50. The van der Waals surface area contributed by atoms with E-state index in [1.165, 1.54) is 43.6 Å². The first-order valence-electron chi connectivity index (χ1n) is 13.9. The molecule has 1 aliphatic carbocycles. The molecule has 0 saturated carbocycles. The molecule has 2 aromatic heterocycles. The van der Waals surface area contributed by atoms with Gasteiger partial charge in [-0.25, -0.2) is 4.98 Å². The lowest BCUT2D eigenvalue weighted by atomic mass is 9.67. The van der Waals surface area contributed by atoms with E-state index in [1.807, 2.05) is 12.1 Å². The van der Waals surface area contributed by atoms with Gasteiger partial charge < -0.3 is 0 Å². The van der Waals surface area contributed by atoms with E-state index in [0.29, 0.717) is 5.56 Å². The fourth-order valence-corrected chi connectivity index (χ4v) is 7.81. The summed E-state index contributed by atoms with van der Waals surface area (Å²) in [6, 6.07) is 43.3. The summed E-state index contributed by atoms with van der Waals surface area (Å²) >= 11 is 1.79. The zero-order valence-electron chi connectivity index (χ0n) is 22.5. The molecule has 1 aliphatic rings. The largest absolute Gasteiger partial charge is 0.295 e. The van der Waals surface area contributed by atoms with Crippen molar-refractivity contribution in [3.63, 3.8) is 0 Å². The van der Waals surface area contributed by atoms with Gasteiger partial charge in [0.05, 0.1) is 38.5 Å². The Morgan fingerprint density at radius 3 is 2.34 bits per heavy atom. The molecule has 8 rings (SSSR count). The lowest BCUT2D eigenvalue weighted by molar-refractivity contribution is 0.767. The number of hydrogen-bond acceptors (Lipinski definition) is 3. The molecule has 0 spiro atoms. The standard InChI is InChI=1S/C37H25N3S/c1-2-34-39-31-14-8-9-15-32(31)40(34)33-22-30-35(28-20-21-41-36(28)33)27-12-6-7-13-29(27)37(30,25-10-4-3-5-11-25)26-18-16-24(23-38)17-19-26/h3-22H,2H2,1H3. The van der Waals surface area contributed by atoms with E-state index in [4.69, 9.17) is 4.98 Å². The minimum absolute atomic E-state index is 0.547. The van der Waals surface area contributed by atoms with Crippen LogP contribution in [0.25, 0.3) is 37.9 Å². The highest BCUT2D eigenvalue weighted by molar-refractivity contribution is 7.17. The van der Waals surface area contributed by atoms with E-state index in [-0.39, 0.29) is 0 Å². The Kier molecular flexibility index (Phi) is 5.25. The van der Waals surface area contributed by atoms with Crippen molar-refractivity contribution in [2.24, 2.45) is 0 Å². The number of aromatic nitrogens is 2. The zero-order chi connectivity index (χ0) is 27.6. The summed E-state index contributed by atoms with van der Waals surface area (Å²) < 4.78 is 3.63. The van der Waals surface area contributed by atoms with Crippen molar-refractivity contribution >= 4 is 32.5 Å². The molecule has 3 nitrogen and oxygen atoms in total. The third kappa shape index (κ3) is 3.21. The van der Waals surface area contributed by atoms with Crippen LogP contribution in [0.3, 0.4) is 0 Å². The van der Waals surface area contributed by atoms with Crippen LogP contribution < -0.4 is 0 Å². The molecule has 5 aromatic carbocycles. The van der Waals surface area contributed by atoms with E-state index in [9.17, 15) is 5.26 Å². The van der Waals surface area contributed by atoms with Gasteiger partial charge in [0.2, 0.25) is 0 Å². The van der Waals surface area contributed by atoms with E-state index in [1.54, 1.807) is 11.3 Å². The van der Waals surface area contributed by atoms with E-state index < -0.39 is 5.41 Å². The number of hydrogen-bond donors (Lipinski definition) is 0. The molecule has 194 valence electrons. The lowest BCUT2D eigenvalue weighted by Gasteiger charge is -2.34. The number of fused-ring (bicyclic) bond motifs is 6. The minimum atomic E-state index is -0.547. The van der Waals surface area contributed by atoms with Crippen molar-refractivity contribution in [1.82, 2.24) is 9.55 Å². The molecular formula is C37H25N3S. The topological polar surface area (TPSA) is 41.6 Å². The van der Waals surface area contributed by atoms with E-state index in [2.05, 4.69) is 126 Å². The fraction of sp³-hybridized carbons (Fsp3) is 0.0811. The van der Waals surface area contributed by atoms with Crippen LogP contribution in [0.2, 0.25) is 0 Å². The number of imidazole rings is 1. The highest BCUT2D eigenvalue weighted by atomic mass is 32.1. The quantitative estimate of drug-likeness (QED) is 0.222. The number of para-hydroxylation sites is 2. The first kappa shape index (κ1) is 23.9. The molecule has 4 heteroatoms. The summed E-state index contributed by atoms with van der Waals surface area (Å²) in [5.41, 5.74) is 10.9. The molecule has 0 bridgehead atoms. The Morgan fingerprint density at radius 2 is 1.54 bits per heavy atom. The third-order valence-electron chi connectivity index (χ3n) is 8.56. The number of benzene rings is 5. The number of nitrogens with zero attached hydrogens (tertiary/aromatic N) is 3. The van der Waals surface area contributed by atoms with Gasteiger partial charge in [-0.2, -0.15) is 5.26 Å². The molecular weight excluding hydrogens is 518 g/mol. The van der Waals surface area contributed by atoms with Crippen molar-refractivity contribution < 1.29 is 0 Å². The number of thiophene rings is 1. The Labute approximate surface area is 242 Å². The normalized spacial score (nSPS) is 15.6. The van der Waals surface area contributed by atoms with Gasteiger partial charge in [-0.05, 0) is 75.2 Å². The predicted molar refractivity (Wildman–Crippen MR) is 168 cm³/mol. The van der Waals surface area contributed by atoms with Gasteiger partial charge in [0.15, 0.2) is 0 Å². The molecule has 0 saturated heterocycles. The Hall–Kier alpha value is -4.98. The Bertz CT molecular complexity index is 2150. The summed E-state index contributed by atoms with van der Waals surface area (Å²) in [6.07, 6.45) is 0.832. The van der Waals surface area contributed by atoms with Crippen molar-refractivity contribution in [1.29, 1.82) is 5.26 Å². The zero-order valence-corrected chi connectivity index (χ0v) is 23.3. The average Bonchev–Trinajstić information content (AvgIpc) is 3.74. The maximum Gasteiger partial charge on any atom is 0.114 e. The second kappa shape index (κ2) is 9.02. The molecule has 1 unspecified atom stereocenters. The molecule has 7 aromatic rings. The van der Waals surface area contributed by atoms with Gasteiger partial charge in [-0.1, -0.05) is 85.8 Å². The lowest BCUT2D eigenvalue weighted by Crippen LogP contribution is -2.28. The molecule has 1 atom stereocenters. The predicted octanol–water partition coefficient (Wildman–Crippen LogP) is 9.04. The van der Waals surface area contributed by atoms with Crippen LogP contribution in [-0.2, 0) is 11.8 Å². The summed E-state index contributed by atoms with van der Waals surface area (Å²) in [5.74, 6) is 1.06. The van der Waals surface area contributed by atoms with Crippen molar-refractivity contribution in [2.45, 2.75) is 18.8 Å². The molecule has 2 heterocycles. The van der Waals surface area contributed by atoms with Gasteiger partial charge in [0.25, 0.3) is 0 Å². The van der Waals surface area contributed by atoms with Crippen LogP contribution in [0.1, 0.15) is 40.6 Å². The van der Waals surface area contributed by atoms with Gasteiger partial charge in [-0.15, -0.1) is 11.3 Å². The van der Waals surface area contributed by atoms with Crippen molar-refractivity contribution in [2.75, 3.05) is 0 Å². The highest BCUT2D eigenvalue weighted by Gasteiger charge is 2.47. The minimum Gasteiger partial charge on any atom is -0.295 e. The molecule has 0 aliphatic heterocycles. The van der Waals surface area contributed by atoms with Crippen molar-refractivity contribution in [3.8, 4) is 22.9 Å². The Morgan fingerprint density at radius 1 is 0.805 bits per heavy atom. The van der Waals surface area contributed by atoms with Gasteiger partial charge >= 0.3 is 0 Å². The molecule has 0 radical (unpaired) electrons. The monoisotopic (exact) mass is 543 g/mol. The van der Waals surface area contributed by atoms with Crippen LogP contribution in [0.15, 0.2) is 121 Å². The van der Waals surface area contributed by atoms with Crippen LogP contribution in [-0.4, -0.2) is 9.55 Å². The average molecular weight is 544 g/mol. The first-order chi connectivity index (χ1) is 20.3.